The summed E-state index contributed by atoms with van der Waals surface area (Å²) in [6.07, 6.45) is -8.11. The molecule has 1 aliphatic rings. The van der Waals surface area contributed by atoms with Crippen LogP contribution in [-0.2, 0) is 9.53 Å². The number of hydrogen-bond donors (Lipinski definition) is 1. The van der Waals surface area contributed by atoms with Gasteiger partial charge in [0.05, 0.1) is 22.8 Å². The number of aromatic nitrogens is 3. The number of benzene rings is 3. The molecule has 19 heteroatoms. The normalized spacial score (nSPS) is 14.3. The highest BCUT2D eigenvalue weighted by molar-refractivity contribution is 8.15. The van der Waals surface area contributed by atoms with Gasteiger partial charge in [0.1, 0.15) is 23.6 Å². The first kappa shape index (κ1) is 35.0. The number of ether oxygens (including phenoxy) is 4. The number of urea groups is 1. The highest BCUT2D eigenvalue weighted by Crippen LogP contribution is 2.37. The SMILES string of the molecule is COCOc1cc(-c2ncn(-c3ccc(OC(F)(F)F)cc3)n2)ccc1NC(=O)/N=C1\SCC(=O)N1c1cc(C)ccc1OCC(F)(F)F. The number of methoxy groups -OCH3 is 1. The Hall–Kier alpha value is -5.30. The molecule has 2 heterocycles. The number of aryl methyl sites for hydroxylation is 1. The maximum absolute atomic E-state index is 13.1. The molecule has 1 saturated heterocycles. The fourth-order valence-electron chi connectivity index (χ4n) is 4.32. The predicted molar refractivity (Wildman–Crippen MR) is 165 cm³/mol. The smallest absolute Gasteiger partial charge is 0.482 e. The van der Waals surface area contributed by atoms with Crippen LogP contribution in [0.3, 0.4) is 0 Å². The van der Waals surface area contributed by atoms with E-state index >= 15 is 0 Å². The number of nitrogens with one attached hydrogen (secondary N) is 1. The van der Waals surface area contributed by atoms with E-state index in [1.54, 1.807) is 13.0 Å². The zero-order valence-corrected chi connectivity index (χ0v) is 26.2. The van der Waals surface area contributed by atoms with Crippen LogP contribution in [0.25, 0.3) is 17.1 Å². The first-order valence-corrected chi connectivity index (χ1v) is 14.9. The van der Waals surface area contributed by atoms with Crippen molar-refractivity contribution >= 4 is 40.2 Å². The molecule has 0 aliphatic carbocycles. The number of alkyl halides is 6. The molecule has 1 fully saturated rings. The second-order valence-corrected chi connectivity index (χ2v) is 11.0. The summed E-state index contributed by atoms with van der Waals surface area (Å²) in [5, 5.41) is 6.82. The quantitative estimate of drug-likeness (QED) is 0.141. The number of thioether (sulfide) groups is 1. The van der Waals surface area contributed by atoms with Gasteiger partial charge in [0, 0.05) is 12.7 Å². The van der Waals surface area contributed by atoms with Crippen molar-refractivity contribution < 1.29 is 54.9 Å². The molecule has 1 aromatic heterocycles. The fraction of sp³-hybridized carbons (Fsp3) is 0.233. The van der Waals surface area contributed by atoms with Crippen LogP contribution in [0.5, 0.6) is 17.2 Å². The van der Waals surface area contributed by atoms with Crippen molar-refractivity contribution in [3.63, 3.8) is 0 Å². The first-order valence-electron chi connectivity index (χ1n) is 13.9. The summed E-state index contributed by atoms with van der Waals surface area (Å²) in [6.45, 7) is -0.135. The second kappa shape index (κ2) is 14.4. The van der Waals surface area contributed by atoms with E-state index in [4.69, 9.17) is 14.2 Å². The van der Waals surface area contributed by atoms with Gasteiger partial charge in [0.2, 0.25) is 5.91 Å². The number of amides is 3. The standard InChI is InChI=1S/C30H24F6N6O6S/c1-17-3-10-23(46-14-29(31,32)33)22(11-17)42-25(43)13-49-28(42)39-27(44)38-21-9-4-18(12-24(21)47-16-45-2)26-37-15-41(40-26)19-5-7-20(8-6-19)48-30(34,35)36/h3-12,15H,13-14,16H2,1-2H3,(H,38,44)/b39-28-. The highest BCUT2D eigenvalue weighted by atomic mass is 32.2. The molecule has 3 aromatic carbocycles. The third-order valence-electron chi connectivity index (χ3n) is 6.35. The first-order chi connectivity index (χ1) is 23.2. The average molecular weight is 711 g/mol. The van der Waals surface area contributed by atoms with Crippen molar-refractivity contribution in [2.24, 2.45) is 4.99 Å². The van der Waals surface area contributed by atoms with Crippen LogP contribution in [0, 0.1) is 6.92 Å². The number of amidine groups is 1. The van der Waals surface area contributed by atoms with Crippen molar-refractivity contribution in [1.82, 2.24) is 14.8 Å². The van der Waals surface area contributed by atoms with Crippen LogP contribution >= 0.6 is 11.8 Å². The molecular formula is C30H24F6N6O6S. The molecule has 4 aromatic rings. The van der Waals surface area contributed by atoms with Crippen molar-refractivity contribution in [2.45, 2.75) is 19.5 Å². The van der Waals surface area contributed by atoms with Gasteiger partial charge in [-0.05, 0) is 67.1 Å². The van der Waals surface area contributed by atoms with Crippen LogP contribution in [0.2, 0.25) is 0 Å². The molecule has 3 amide bonds. The molecule has 0 spiro atoms. The van der Waals surface area contributed by atoms with E-state index in [1.165, 1.54) is 60.6 Å². The lowest BCUT2D eigenvalue weighted by atomic mass is 10.2. The molecule has 1 N–H and O–H groups in total. The number of halogens is 6. The number of rotatable bonds is 10. The van der Waals surface area contributed by atoms with Gasteiger partial charge in [-0.1, -0.05) is 17.8 Å². The molecular weight excluding hydrogens is 686 g/mol. The summed E-state index contributed by atoms with van der Waals surface area (Å²) in [4.78, 5) is 35.2. The number of carbonyl (C=O) groups excluding carboxylic acids is 2. The van der Waals surface area contributed by atoms with E-state index < -0.39 is 36.8 Å². The maximum Gasteiger partial charge on any atom is 0.573 e. The van der Waals surface area contributed by atoms with Crippen molar-refractivity contribution in [3.05, 3.63) is 72.6 Å². The van der Waals surface area contributed by atoms with Crippen LogP contribution < -0.4 is 24.4 Å². The van der Waals surface area contributed by atoms with Gasteiger partial charge in [-0.2, -0.15) is 18.2 Å². The van der Waals surface area contributed by atoms with Gasteiger partial charge >= 0.3 is 18.6 Å². The van der Waals surface area contributed by atoms with Gasteiger partial charge < -0.3 is 24.3 Å². The molecule has 12 nitrogen and oxygen atoms in total. The predicted octanol–water partition coefficient (Wildman–Crippen LogP) is 6.73. The van der Waals surface area contributed by atoms with E-state index in [0.717, 1.165) is 28.8 Å². The van der Waals surface area contributed by atoms with E-state index in [0.29, 0.717) is 16.8 Å². The Morgan fingerprint density at radius 3 is 2.45 bits per heavy atom. The number of nitrogens with zero attached hydrogens (tertiary/aromatic N) is 5. The minimum atomic E-state index is -4.83. The minimum absolute atomic E-state index is 0.00297. The van der Waals surface area contributed by atoms with Crippen LogP contribution in [-0.4, -0.2) is 70.7 Å². The Balaban J connectivity index is 1.36. The largest absolute Gasteiger partial charge is 0.573 e. The molecule has 49 heavy (non-hydrogen) atoms. The molecule has 0 unspecified atom stereocenters. The van der Waals surface area contributed by atoms with Gasteiger partial charge in [-0.25, -0.2) is 14.5 Å². The van der Waals surface area contributed by atoms with Crippen LogP contribution in [0.15, 0.2) is 72.0 Å². The Labute approximate surface area is 277 Å². The molecule has 1 aliphatic heterocycles. The lowest BCUT2D eigenvalue weighted by Gasteiger charge is -2.21. The summed E-state index contributed by atoms with van der Waals surface area (Å²) in [5.74, 6) is -0.951. The van der Waals surface area contributed by atoms with Gasteiger partial charge in [0.15, 0.2) is 24.4 Å². The van der Waals surface area contributed by atoms with Gasteiger partial charge in [-0.15, -0.1) is 18.3 Å². The number of aliphatic imine (C=N–C) groups is 1. The molecule has 0 atom stereocenters. The zero-order valence-electron chi connectivity index (χ0n) is 25.3. The summed E-state index contributed by atoms with van der Waals surface area (Å²) < 4.78 is 96.8. The van der Waals surface area contributed by atoms with E-state index in [9.17, 15) is 35.9 Å². The number of carbonyl (C=O) groups is 2. The minimum Gasteiger partial charge on any atom is -0.482 e. The summed E-state index contributed by atoms with van der Waals surface area (Å²) in [5.41, 5.74) is 1.59. The highest BCUT2D eigenvalue weighted by Gasteiger charge is 2.35. The lowest BCUT2D eigenvalue weighted by Crippen LogP contribution is -2.31. The second-order valence-electron chi connectivity index (χ2n) is 10.0. The van der Waals surface area contributed by atoms with Crippen LogP contribution in [0.4, 0.5) is 42.5 Å². The molecule has 258 valence electrons. The Morgan fingerprint density at radius 2 is 1.76 bits per heavy atom. The van der Waals surface area contributed by atoms with E-state index in [1.807, 2.05) is 0 Å². The summed E-state index contributed by atoms with van der Waals surface area (Å²) >= 11 is 0.913. The Morgan fingerprint density at radius 1 is 1.00 bits per heavy atom. The molecule has 5 rings (SSSR count). The number of hydrogen-bond acceptors (Lipinski definition) is 9. The Bertz CT molecular complexity index is 1870. The maximum atomic E-state index is 13.1. The van der Waals surface area contributed by atoms with E-state index in [-0.39, 0.29) is 46.4 Å². The van der Waals surface area contributed by atoms with Crippen molar-refractivity contribution in [2.75, 3.05) is 36.5 Å². The monoisotopic (exact) mass is 710 g/mol. The third kappa shape index (κ3) is 9.20. The third-order valence-corrected chi connectivity index (χ3v) is 7.27. The molecule has 0 radical (unpaired) electrons. The van der Waals surface area contributed by atoms with Gasteiger partial charge in [-0.3, -0.25) is 9.69 Å². The summed E-state index contributed by atoms with van der Waals surface area (Å²) in [6, 6.07) is 12.8. The zero-order chi connectivity index (χ0) is 35.3. The van der Waals surface area contributed by atoms with Crippen LogP contribution in [0.1, 0.15) is 5.56 Å². The summed E-state index contributed by atoms with van der Waals surface area (Å²) in [7, 11) is 1.38. The van der Waals surface area contributed by atoms with Crippen molar-refractivity contribution in [1.29, 1.82) is 0 Å². The molecule has 0 bridgehead atoms. The lowest BCUT2D eigenvalue weighted by molar-refractivity contribution is -0.274. The molecule has 0 saturated carbocycles. The van der Waals surface area contributed by atoms with E-state index in [2.05, 4.69) is 25.1 Å². The number of anilines is 2. The average Bonchev–Trinajstić information content (AvgIpc) is 3.66. The Kier molecular flexibility index (Phi) is 10.3. The van der Waals surface area contributed by atoms with Crippen molar-refractivity contribution in [3.8, 4) is 34.3 Å². The topological polar surface area (TPSA) is 129 Å². The fourth-order valence-corrected chi connectivity index (χ4v) is 5.18. The van der Waals surface area contributed by atoms with Gasteiger partial charge in [0.25, 0.3) is 0 Å².